The first kappa shape index (κ1) is 25.1. The number of methoxy groups -OCH3 is 3. The molecule has 0 aliphatic carbocycles. The van der Waals surface area contributed by atoms with Gasteiger partial charge in [0.05, 0.1) is 26.8 Å². The van der Waals surface area contributed by atoms with Crippen LogP contribution in [0.1, 0.15) is 22.3 Å². The van der Waals surface area contributed by atoms with Crippen LogP contribution >= 0.6 is 12.2 Å². The molecule has 0 radical (unpaired) electrons. The Morgan fingerprint density at radius 3 is 2.39 bits per heavy atom. The highest BCUT2D eigenvalue weighted by molar-refractivity contribution is 7.80. The molecule has 4 aromatic rings. The fraction of sp³-hybridized carbons (Fsp3) is 0.179. The van der Waals surface area contributed by atoms with Crippen molar-refractivity contribution >= 4 is 33.8 Å². The van der Waals surface area contributed by atoms with Crippen molar-refractivity contribution in [1.29, 1.82) is 0 Å². The highest BCUT2D eigenvalue weighted by Crippen LogP contribution is 2.37. The summed E-state index contributed by atoms with van der Waals surface area (Å²) in [5, 5.41) is 0.649. The van der Waals surface area contributed by atoms with Gasteiger partial charge >= 0.3 is 0 Å². The van der Waals surface area contributed by atoms with E-state index < -0.39 is 5.82 Å². The van der Waals surface area contributed by atoms with E-state index in [0.29, 0.717) is 49.9 Å². The van der Waals surface area contributed by atoms with Gasteiger partial charge in [0, 0.05) is 40.9 Å². The number of carbonyl (C=O) groups excluding carboxylic acids is 1. The lowest BCUT2D eigenvalue weighted by Crippen LogP contribution is -2.09. The number of aromatic nitrogens is 1. The molecule has 8 heteroatoms. The van der Waals surface area contributed by atoms with Crippen LogP contribution in [0.25, 0.3) is 10.9 Å². The summed E-state index contributed by atoms with van der Waals surface area (Å²) < 4.78 is 36.7. The number of ether oxygens (including phenoxy) is 4. The van der Waals surface area contributed by atoms with Crippen LogP contribution in [-0.4, -0.2) is 37.0 Å². The average Bonchev–Trinajstić information content (AvgIpc) is 2.89. The van der Waals surface area contributed by atoms with E-state index in [1.165, 1.54) is 13.2 Å². The molecule has 0 aliphatic rings. The number of halogens is 1. The van der Waals surface area contributed by atoms with E-state index in [0.717, 1.165) is 0 Å². The molecule has 0 N–H and O–H groups in total. The maximum absolute atomic E-state index is 15.0. The summed E-state index contributed by atoms with van der Waals surface area (Å²) in [6.45, 7) is 0. The molecule has 0 fully saturated rings. The van der Waals surface area contributed by atoms with Gasteiger partial charge in [0.15, 0.2) is 28.8 Å². The molecule has 1 heterocycles. The molecule has 0 saturated carbocycles. The molecule has 6 nitrogen and oxygen atoms in total. The third-order valence-electron chi connectivity index (χ3n) is 5.57. The Balaban J connectivity index is 1.48. The highest BCUT2D eigenvalue weighted by Gasteiger charge is 2.15. The monoisotopic (exact) mass is 505 g/mol. The van der Waals surface area contributed by atoms with Crippen molar-refractivity contribution in [2.24, 2.45) is 0 Å². The first-order valence-electron chi connectivity index (χ1n) is 11.1. The molecular weight excluding hydrogens is 481 g/mol. The summed E-state index contributed by atoms with van der Waals surface area (Å²) in [7, 11) is 4.62. The standard InChI is InChI=1S/C28H24FNO5S/c1-32-19-6-4-5-18(13-19)24(31)14-20(36)11-17-7-8-26(22(29)12-17)35-25-9-10-30-23-16-28(34-3)27(33-2)15-21(23)25/h4-10,12-13,15-16H,11,14H2,1-3H3. The van der Waals surface area contributed by atoms with Gasteiger partial charge in [0.2, 0.25) is 0 Å². The van der Waals surface area contributed by atoms with Crippen molar-refractivity contribution in [2.45, 2.75) is 12.8 Å². The van der Waals surface area contributed by atoms with Crippen molar-refractivity contribution in [3.63, 3.8) is 0 Å². The van der Waals surface area contributed by atoms with Crippen molar-refractivity contribution in [3.05, 3.63) is 83.8 Å². The minimum absolute atomic E-state index is 0.0550. The van der Waals surface area contributed by atoms with E-state index in [9.17, 15) is 9.18 Å². The first-order valence-corrected chi connectivity index (χ1v) is 11.5. The van der Waals surface area contributed by atoms with Crippen LogP contribution in [-0.2, 0) is 6.42 Å². The molecule has 1 aromatic heterocycles. The second kappa shape index (κ2) is 11.1. The second-order valence-corrected chi connectivity index (χ2v) is 8.52. The lowest BCUT2D eigenvalue weighted by atomic mass is 10.0. The molecule has 0 atom stereocenters. The molecule has 184 valence electrons. The number of carbonyl (C=O) groups is 1. The van der Waals surface area contributed by atoms with E-state index in [4.69, 9.17) is 31.2 Å². The van der Waals surface area contributed by atoms with Gasteiger partial charge in [-0.2, -0.15) is 0 Å². The zero-order chi connectivity index (χ0) is 25.7. The summed E-state index contributed by atoms with van der Waals surface area (Å²) in [5.41, 5.74) is 1.79. The van der Waals surface area contributed by atoms with Crippen molar-refractivity contribution in [2.75, 3.05) is 21.3 Å². The summed E-state index contributed by atoms with van der Waals surface area (Å²) in [6, 6.07) is 16.7. The second-order valence-electron chi connectivity index (χ2n) is 7.95. The zero-order valence-electron chi connectivity index (χ0n) is 20.0. The number of rotatable bonds is 10. The van der Waals surface area contributed by atoms with Gasteiger partial charge in [-0.15, -0.1) is 0 Å². The minimum atomic E-state index is -0.542. The van der Waals surface area contributed by atoms with Gasteiger partial charge in [0.1, 0.15) is 11.5 Å². The molecule has 0 amide bonds. The Kier molecular flexibility index (Phi) is 7.75. The molecule has 0 unspecified atom stereocenters. The van der Waals surface area contributed by atoms with Gasteiger partial charge in [-0.3, -0.25) is 9.78 Å². The van der Waals surface area contributed by atoms with Crippen molar-refractivity contribution < 1.29 is 28.1 Å². The smallest absolute Gasteiger partial charge is 0.167 e. The van der Waals surface area contributed by atoms with Crippen LogP contribution in [0.5, 0.6) is 28.7 Å². The Labute approximate surface area is 213 Å². The van der Waals surface area contributed by atoms with Crippen LogP contribution in [0.2, 0.25) is 0 Å². The normalized spacial score (nSPS) is 10.7. The number of hydrogen-bond acceptors (Lipinski definition) is 7. The van der Waals surface area contributed by atoms with Gasteiger partial charge in [-0.25, -0.2) is 4.39 Å². The van der Waals surface area contributed by atoms with Gasteiger partial charge in [-0.1, -0.05) is 30.4 Å². The quantitative estimate of drug-likeness (QED) is 0.183. The molecule has 0 spiro atoms. The Morgan fingerprint density at radius 2 is 1.67 bits per heavy atom. The van der Waals surface area contributed by atoms with Crippen molar-refractivity contribution in [3.8, 4) is 28.7 Å². The number of pyridine rings is 1. The minimum Gasteiger partial charge on any atom is -0.497 e. The van der Waals surface area contributed by atoms with E-state index in [1.54, 1.807) is 75.0 Å². The van der Waals surface area contributed by atoms with Gasteiger partial charge in [-0.05, 0) is 42.0 Å². The number of nitrogens with zero attached hydrogens (tertiary/aromatic N) is 1. The number of thiocarbonyl (C=S) groups is 1. The third-order valence-corrected chi connectivity index (χ3v) is 5.86. The van der Waals surface area contributed by atoms with E-state index in [2.05, 4.69) is 4.98 Å². The summed E-state index contributed by atoms with van der Waals surface area (Å²) in [5.74, 6) is 1.47. The highest BCUT2D eigenvalue weighted by atomic mass is 32.1. The number of ketones is 1. The average molecular weight is 506 g/mol. The third kappa shape index (κ3) is 5.60. The molecular formula is C28H24FNO5S. The van der Waals surface area contributed by atoms with Gasteiger partial charge < -0.3 is 18.9 Å². The number of Topliss-reactive ketones (excluding diaryl/α,β-unsaturated/α-hetero) is 1. The Bertz CT molecular complexity index is 1440. The Hall–Kier alpha value is -4.04. The lowest BCUT2D eigenvalue weighted by molar-refractivity contribution is 0.100. The topological polar surface area (TPSA) is 66.9 Å². The largest absolute Gasteiger partial charge is 0.497 e. The predicted molar refractivity (Wildman–Crippen MR) is 140 cm³/mol. The number of hydrogen-bond donors (Lipinski definition) is 0. The van der Waals surface area contributed by atoms with Crippen LogP contribution in [0, 0.1) is 5.82 Å². The molecule has 3 aromatic carbocycles. The zero-order valence-corrected chi connectivity index (χ0v) is 20.9. The van der Waals surface area contributed by atoms with Crippen LogP contribution in [0.4, 0.5) is 4.39 Å². The number of fused-ring (bicyclic) bond motifs is 1. The van der Waals surface area contributed by atoms with Gasteiger partial charge in [0.25, 0.3) is 0 Å². The van der Waals surface area contributed by atoms with Crippen LogP contribution in [0.3, 0.4) is 0 Å². The fourth-order valence-electron chi connectivity index (χ4n) is 3.76. The maximum Gasteiger partial charge on any atom is 0.167 e. The molecule has 0 aliphatic heterocycles. The fourth-order valence-corrected chi connectivity index (χ4v) is 4.06. The predicted octanol–water partition coefficient (Wildman–Crippen LogP) is 6.38. The molecule has 0 bridgehead atoms. The SMILES string of the molecule is COc1cccc(C(=O)CC(=S)Cc2ccc(Oc3ccnc4cc(OC)c(OC)cc34)c(F)c2)c1. The maximum atomic E-state index is 15.0. The van der Waals surface area contributed by atoms with Crippen LogP contribution in [0.15, 0.2) is 66.9 Å². The van der Waals surface area contributed by atoms with E-state index in [1.807, 2.05) is 0 Å². The molecule has 4 rings (SSSR count). The molecule has 0 saturated heterocycles. The molecule has 36 heavy (non-hydrogen) atoms. The summed E-state index contributed by atoms with van der Waals surface area (Å²) >= 11 is 5.42. The number of benzene rings is 3. The summed E-state index contributed by atoms with van der Waals surface area (Å²) in [4.78, 5) is 17.4. The Morgan fingerprint density at radius 1 is 0.889 bits per heavy atom. The van der Waals surface area contributed by atoms with E-state index in [-0.39, 0.29) is 24.4 Å². The van der Waals surface area contributed by atoms with Crippen molar-refractivity contribution in [1.82, 2.24) is 4.98 Å². The summed E-state index contributed by atoms with van der Waals surface area (Å²) in [6.07, 6.45) is 1.95. The van der Waals surface area contributed by atoms with E-state index >= 15 is 0 Å². The lowest BCUT2D eigenvalue weighted by Gasteiger charge is -2.13. The first-order chi connectivity index (χ1) is 17.4. The van der Waals surface area contributed by atoms with Crippen LogP contribution < -0.4 is 18.9 Å².